The van der Waals surface area contributed by atoms with Gasteiger partial charge in [0.15, 0.2) is 0 Å². The molecule has 2 rings (SSSR count). The van der Waals surface area contributed by atoms with Crippen LogP contribution in [0.25, 0.3) is 6.08 Å². The highest BCUT2D eigenvalue weighted by molar-refractivity contribution is 6.29. The van der Waals surface area contributed by atoms with Crippen molar-refractivity contribution < 1.29 is 0 Å². The van der Waals surface area contributed by atoms with E-state index in [2.05, 4.69) is 41.3 Å². The highest BCUT2D eigenvalue weighted by Crippen LogP contribution is 2.27. The molecule has 0 atom stereocenters. The molecule has 0 amide bonds. The Hall–Kier alpha value is -1.22. The fourth-order valence-electron chi connectivity index (χ4n) is 1.78. The van der Waals surface area contributed by atoms with Crippen molar-refractivity contribution in [3.8, 4) is 0 Å². The van der Waals surface area contributed by atoms with Crippen molar-refractivity contribution in [1.29, 1.82) is 0 Å². The summed E-state index contributed by atoms with van der Waals surface area (Å²) in [7, 11) is 2.05. The first kappa shape index (κ1) is 11.3. The molecule has 0 saturated heterocycles. The molecular weight excluding hydrogens is 222 g/mol. The third kappa shape index (κ3) is 2.30. The van der Waals surface area contributed by atoms with E-state index in [0.717, 1.165) is 17.9 Å². The lowest BCUT2D eigenvalue weighted by atomic mass is 10.1. The quantitative estimate of drug-likeness (QED) is 0.802. The Bertz CT molecular complexity index is 427. The van der Waals surface area contributed by atoms with Gasteiger partial charge in [0, 0.05) is 25.2 Å². The van der Waals surface area contributed by atoms with E-state index in [9.17, 15) is 0 Å². The van der Waals surface area contributed by atoms with Crippen LogP contribution in [0.5, 0.6) is 0 Å². The summed E-state index contributed by atoms with van der Waals surface area (Å²) >= 11 is 6.00. The van der Waals surface area contributed by atoms with Crippen molar-refractivity contribution in [2.75, 3.05) is 12.4 Å². The molecule has 1 aromatic heterocycles. The van der Waals surface area contributed by atoms with Gasteiger partial charge in [0.25, 0.3) is 0 Å². The van der Waals surface area contributed by atoms with Crippen LogP contribution < -0.4 is 5.32 Å². The predicted octanol–water partition coefficient (Wildman–Crippen LogP) is 2.97. The zero-order valence-corrected chi connectivity index (χ0v) is 10.5. The van der Waals surface area contributed by atoms with Crippen LogP contribution in [-0.2, 0) is 6.54 Å². The molecule has 2 heterocycles. The summed E-state index contributed by atoms with van der Waals surface area (Å²) in [5, 5.41) is 3.88. The maximum absolute atomic E-state index is 6.00. The number of aromatic nitrogens is 1. The normalized spacial score (nSPS) is 14.2. The second kappa shape index (κ2) is 4.34. The summed E-state index contributed by atoms with van der Waals surface area (Å²) in [6, 6.07) is 2.26. The average Bonchev–Trinajstić information content (AvgIpc) is 2.18. The first-order valence-corrected chi connectivity index (χ1v) is 5.78. The van der Waals surface area contributed by atoms with E-state index >= 15 is 0 Å². The standard InChI is InChI=1S/C12H16ClN3/c1-8(2)14-12-10-7-16(3)5-4-9(10)6-11(13)15-12/h4-6,8H,7H2,1-3H3,(H,14,15). The Morgan fingerprint density at radius 3 is 2.94 bits per heavy atom. The Balaban J connectivity index is 2.44. The second-order valence-corrected chi connectivity index (χ2v) is 4.78. The molecule has 0 bridgehead atoms. The van der Waals surface area contributed by atoms with Gasteiger partial charge in [-0.15, -0.1) is 0 Å². The van der Waals surface area contributed by atoms with E-state index in [4.69, 9.17) is 11.6 Å². The van der Waals surface area contributed by atoms with Crippen molar-refractivity contribution in [3.63, 3.8) is 0 Å². The summed E-state index contributed by atoms with van der Waals surface area (Å²) in [5.41, 5.74) is 2.37. The number of rotatable bonds is 2. The van der Waals surface area contributed by atoms with Crippen molar-refractivity contribution in [2.24, 2.45) is 0 Å². The van der Waals surface area contributed by atoms with Gasteiger partial charge in [-0.05, 0) is 37.8 Å². The monoisotopic (exact) mass is 237 g/mol. The zero-order valence-electron chi connectivity index (χ0n) is 9.79. The van der Waals surface area contributed by atoms with Gasteiger partial charge >= 0.3 is 0 Å². The number of nitrogens with zero attached hydrogens (tertiary/aromatic N) is 2. The molecule has 86 valence electrons. The van der Waals surface area contributed by atoms with Gasteiger partial charge in [-0.1, -0.05) is 11.6 Å². The minimum absolute atomic E-state index is 0.353. The van der Waals surface area contributed by atoms with E-state index in [0.29, 0.717) is 11.2 Å². The summed E-state index contributed by atoms with van der Waals surface area (Å²) in [5.74, 6) is 0.897. The Labute approximate surface area is 101 Å². The molecule has 0 saturated carbocycles. The summed E-state index contributed by atoms with van der Waals surface area (Å²) in [4.78, 5) is 6.48. The van der Waals surface area contributed by atoms with E-state index in [1.807, 2.05) is 13.1 Å². The third-order valence-electron chi connectivity index (χ3n) is 2.47. The first-order chi connectivity index (χ1) is 7.56. The van der Waals surface area contributed by atoms with Crippen LogP contribution in [0.1, 0.15) is 25.0 Å². The number of hydrogen-bond acceptors (Lipinski definition) is 3. The number of pyridine rings is 1. The predicted molar refractivity (Wildman–Crippen MR) is 68.5 cm³/mol. The minimum Gasteiger partial charge on any atom is -0.376 e. The average molecular weight is 238 g/mol. The molecule has 3 nitrogen and oxygen atoms in total. The van der Waals surface area contributed by atoms with Gasteiger partial charge in [-0.2, -0.15) is 0 Å². The lowest BCUT2D eigenvalue weighted by Gasteiger charge is -2.24. The summed E-state index contributed by atoms with van der Waals surface area (Å²) in [6.45, 7) is 5.06. The molecule has 0 fully saturated rings. The second-order valence-electron chi connectivity index (χ2n) is 4.39. The van der Waals surface area contributed by atoms with Crippen molar-refractivity contribution in [1.82, 2.24) is 9.88 Å². The van der Waals surface area contributed by atoms with Crippen molar-refractivity contribution >= 4 is 23.5 Å². The molecule has 0 spiro atoms. The molecule has 1 N–H and O–H groups in total. The highest BCUT2D eigenvalue weighted by Gasteiger charge is 2.15. The van der Waals surface area contributed by atoms with Crippen LogP contribution >= 0.6 is 11.6 Å². The Morgan fingerprint density at radius 2 is 2.25 bits per heavy atom. The summed E-state index contributed by atoms with van der Waals surface area (Å²) in [6.07, 6.45) is 4.12. The summed E-state index contributed by atoms with van der Waals surface area (Å²) < 4.78 is 0. The molecule has 0 aromatic carbocycles. The highest BCUT2D eigenvalue weighted by atomic mass is 35.5. The fraction of sp³-hybridized carbons (Fsp3) is 0.417. The van der Waals surface area contributed by atoms with E-state index in [1.165, 1.54) is 5.56 Å². The van der Waals surface area contributed by atoms with Gasteiger partial charge in [0.1, 0.15) is 11.0 Å². The number of halogens is 1. The van der Waals surface area contributed by atoms with Crippen LogP contribution in [0, 0.1) is 0 Å². The minimum atomic E-state index is 0.353. The molecule has 1 aromatic rings. The van der Waals surface area contributed by atoms with Crippen LogP contribution in [0.15, 0.2) is 12.3 Å². The van der Waals surface area contributed by atoms with Crippen LogP contribution in [-0.4, -0.2) is 23.0 Å². The zero-order chi connectivity index (χ0) is 11.7. The van der Waals surface area contributed by atoms with Crippen LogP contribution in [0.4, 0.5) is 5.82 Å². The SMILES string of the molecule is CC(C)Nc1nc(Cl)cc2c1CN(C)C=C2. The number of nitrogens with one attached hydrogen (secondary N) is 1. The maximum Gasteiger partial charge on any atom is 0.133 e. The first-order valence-electron chi connectivity index (χ1n) is 5.40. The molecule has 1 aliphatic rings. The van der Waals surface area contributed by atoms with E-state index < -0.39 is 0 Å². The topological polar surface area (TPSA) is 28.2 Å². The smallest absolute Gasteiger partial charge is 0.133 e. The van der Waals surface area contributed by atoms with Gasteiger partial charge in [0.2, 0.25) is 0 Å². The van der Waals surface area contributed by atoms with Gasteiger partial charge < -0.3 is 10.2 Å². The molecule has 0 unspecified atom stereocenters. The number of anilines is 1. The molecule has 0 aliphatic carbocycles. The Kier molecular flexibility index (Phi) is 3.06. The van der Waals surface area contributed by atoms with Gasteiger partial charge in [-0.25, -0.2) is 4.98 Å². The molecule has 16 heavy (non-hydrogen) atoms. The van der Waals surface area contributed by atoms with E-state index in [1.54, 1.807) is 0 Å². The Morgan fingerprint density at radius 1 is 1.50 bits per heavy atom. The lowest BCUT2D eigenvalue weighted by Crippen LogP contribution is -2.20. The lowest BCUT2D eigenvalue weighted by molar-refractivity contribution is 0.447. The fourth-order valence-corrected chi connectivity index (χ4v) is 1.98. The van der Waals surface area contributed by atoms with Crippen LogP contribution in [0.3, 0.4) is 0 Å². The van der Waals surface area contributed by atoms with Crippen molar-refractivity contribution in [2.45, 2.75) is 26.4 Å². The van der Waals surface area contributed by atoms with Gasteiger partial charge in [0.05, 0.1) is 0 Å². The maximum atomic E-state index is 6.00. The third-order valence-corrected chi connectivity index (χ3v) is 2.66. The van der Waals surface area contributed by atoms with E-state index in [-0.39, 0.29) is 0 Å². The van der Waals surface area contributed by atoms with Gasteiger partial charge in [-0.3, -0.25) is 0 Å². The molecule has 1 aliphatic heterocycles. The number of fused-ring (bicyclic) bond motifs is 1. The van der Waals surface area contributed by atoms with Crippen molar-refractivity contribution in [3.05, 3.63) is 28.5 Å². The molecule has 4 heteroatoms. The van der Waals surface area contributed by atoms with Crippen LogP contribution in [0.2, 0.25) is 5.15 Å². The largest absolute Gasteiger partial charge is 0.376 e. The molecule has 0 radical (unpaired) electrons. The molecular formula is C12H16ClN3. The number of hydrogen-bond donors (Lipinski definition) is 1.